The molecule has 0 aliphatic carbocycles. The van der Waals surface area contributed by atoms with Crippen LogP contribution in [0.1, 0.15) is 20.8 Å². The number of amides is 1. The number of rotatable bonds is 6. The number of ketones is 1. The number of benzene rings is 1. The lowest BCUT2D eigenvalue weighted by Gasteiger charge is -2.19. The minimum Gasteiger partial charge on any atom is -0.345 e. The second-order valence-corrected chi connectivity index (χ2v) is 5.64. The van der Waals surface area contributed by atoms with Gasteiger partial charge in [0.2, 0.25) is 5.91 Å². The number of hydrogen-bond donors (Lipinski definition) is 1. The van der Waals surface area contributed by atoms with Gasteiger partial charge in [0.15, 0.2) is 5.78 Å². The third kappa shape index (κ3) is 5.03. The summed E-state index contributed by atoms with van der Waals surface area (Å²) in [4.78, 5) is 23.5. The maximum Gasteiger partial charge on any atom is 0.230 e. The number of carbonyl (C=O) groups is 2. The van der Waals surface area contributed by atoms with Gasteiger partial charge in [-0.2, -0.15) is 0 Å². The van der Waals surface area contributed by atoms with E-state index in [1.54, 1.807) is 18.2 Å². The normalized spacial score (nSPS) is 12.3. The fraction of sp³-hybridized carbons (Fsp3) is 0.429. The van der Waals surface area contributed by atoms with E-state index in [0.717, 1.165) is 11.8 Å². The molecular weight excluding hydrogens is 265 g/mol. The third-order valence-electron chi connectivity index (χ3n) is 2.62. The molecule has 1 rings (SSSR count). The summed E-state index contributed by atoms with van der Waals surface area (Å²) in [6.45, 7) is 5.20. The van der Waals surface area contributed by atoms with E-state index in [0.29, 0.717) is 4.90 Å². The average Bonchev–Trinajstić information content (AvgIpc) is 2.34. The van der Waals surface area contributed by atoms with E-state index in [1.165, 1.54) is 13.0 Å². The Hall–Kier alpha value is -1.36. The summed E-state index contributed by atoms with van der Waals surface area (Å²) in [5.74, 6) is -0.536. The summed E-state index contributed by atoms with van der Waals surface area (Å²) < 4.78 is 13.4. The lowest BCUT2D eigenvalue weighted by Crippen LogP contribution is -2.44. The third-order valence-corrected chi connectivity index (χ3v) is 3.67. The van der Waals surface area contributed by atoms with Crippen LogP contribution >= 0.6 is 11.8 Å². The van der Waals surface area contributed by atoms with E-state index < -0.39 is 6.04 Å². The van der Waals surface area contributed by atoms with Gasteiger partial charge in [-0.1, -0.05) is 26.0 Å². The molecule has 1 amide bonds. The van der Waals surface area contributed by atoms with Crippen molar-refractivity contribution in [3.05, 3.63) is 30.1 Å². The van der Waals surface area contributed by atoms with Gasteiger partial charge in [-0.25, -0.2) is 4.39 Å². The summed E-state index contributed by atoms with van der Waals surface area (Å²) in [6, 6.07) is 5.82. The maximum atomic E-state index is 13.4. The van der Waals surface area contributed by atoms with Crippen LogP contribution in [0.2, 0.25) is 0 Å². The summed E-state index contributed by atoms with van der Waals surface area (Å²) >= 11 is 1.12. The molecule has 5 heteroatoms. The first kappa shape index (κ1) is 15.7. The van der Waals surface area contributed by atoms with Gasteiger partial charge < -0.3 is 5.32 Å². The zero-order valence-electron chi connectivity index (χ0n) is 11.3. The Labute approximate surface area is 117 Å². The second kappa shape index (κ2) is 7.28. The van der Waals surface area contributed by atoms with Crippen molar-refractivity contribution >= 4 is 23.5 Å². The molecule has 0 heterocycles. The summed E-state index contributed by atoms with van der Waals surface area (Å²) in [5, 5.41) is 2.67. The van der Waals surface area contributed by atoms with Gasteiger partial charge >= 0.3 is 0 Å². The van der Waals surface area contributed by atoms with Gasteiger partial charge in [0.05, 0.1) is 11.8 Å². The largest absolute Gasteiger partial charge is 0.345 e. The molecule has 0 bridgehead atoms. The van der Waals surface area contributed by atoms with E-state index in [2.05, 4.69) is 5.32 Å². The molecule has 0 radical (unpaired) electrons. The van der Waals surface area contributed by atoms with Crippen molar-refractivity contribution in [3.8, 4) is 0 Å². The van der Waals surface area contributed by atoms with Crippen LogP contribution in [0, 0.1) is 11.7 Å². The lowest BCUT2D eigenvalue weighted by atomic mass is 10.0. The molecule has 19 heavy (non-hydrogen) atoms. The Morgan fingerprint density at radius 3 is 2.47 bits per heavy atom. The van der Waals surface area contributed by atoms with Gasteiger partial charge in [0.25, 0.3) is 0 Å². The second-order valence-electron chi connectivity index (χ2n) is 4.62. The summed E-state index contributed by atoms with van der Waals surface area (Å²) in [5.41, 5.74) is 0. The Morgan fingerprint density at radius 1 is 1.32 bits per heavy atom. The number of Topliss-reactive ketones (excluding diaryl/α,β-unsaturated/α-hetero) is 1. The minimum absolute atomic E-state index is 0.0416. The van der Waals surface area contributed by atoms with Crippen LogP contribution in [-0.4, -0.2) is 23.5 Å². The predicted molar refractivity (Wildman–Crippen MR) is 74.6 cm³/mol. The Morgan fingerprint density at radius 2 is 1.95 bits per heavy atom. The molecule has 1 aromatic rings. The SMILES string of the molecule is CC(=O)C(NC(=O)CSc1ccccc1F)C(C)C. The van der Waals surface area contributed by atoms with Crippen molar-refractivity contribution in [3.63, 3.8) is 0 Å². The van der Waals surface area contributed by atoms with Crippen molar-refractivity contribution in [2.75, 3.05) is 5.75 Å². The molecule has 0 aromatic heterocycles. The Kier molecular flexibility index (Phi) is 6.02. The molecule has 1 aromatic carbocycles. The predicted octanol–water partition coefficient (Wildman–Crippen LogP) is 2.65. The zero-order valence-corrected chi connectivity index (χ0v) is 12.1. The highest BCUT2D eigenvalue weighted by molar-refractivity contribution is 8.00. The fourth-order valence-corrected chi connectivity index (χ4v) is 2.41. The molecule has 1 unspecified atom stereocenters. The lowest BCUT2D eigenvalue weighted by molar-refractivity contribution is -0.126. The number of hydrogen-bond acceptors (Lipinski definition) is 3. The Balaban J connectivity index is 2.52. The molecule has 1 N–H and O–H groups in total. The molecule has 0 saturated heterocycles. The molecule has 3 nitrogen and oxygen atoms in total. The fourth-order valence-electron chi connectivity index (χ4n) is 1.66. The van der Waals surface area contributed by atoms with E-state index >= 15 is 0 Å². The van der Waals surface area contributed by atoms with Gasteiger partial charge in [-0.15, -0.1) is 11.8 Å². The topological polar surface area (TPSA) is 46.2 Å². The van der Waals surface area contributed by atoms with Gasteiger partial charge in [-0.3, -0.25) is 9.59 Å². The van der Waals surface area contributed by atoms with E-state index in [9.17, 15) is 14.0 Å². The summed E-state index contributed by atoms with van der Waals surface area (Å²) in [6.07, 6.45) is 0. The minimum atomic E-state index is -0.478. The molecule has 104 valence electrons. The van der Waals surface area contributed by atoms with Gasteiger partial charge in [0.1, 0.15) is 5.82 Å². The van der Waals surface area contributed by atoms with Crippen molar-refractivity contribution in [2.45, 2.75) is 31.7 Å². The van der Waals surface area contributed by atoms with Crippen LogP contribution in [0.15, 0.2) is 29.2 Å². The van der Waals surface area contributed by atoms with E-state index in [1.807, 2.05) is 13.8 Å². The van der Waals surface area contributed by atoms with Crippen LogP contribution in [-0.2, 0) is 9.59 Å². The van der Waals surface area contributed by atoms with E-state index in [4.69, 9.17) is 0 Å². The molecule has 0 saturated carbocycles. The van der Waals surface area contributed by atoms with Crippen molar-refractivity contribution in [1.82, 2.24) is 5.32 Å². The van der Waals surface area contributed by atoms with Crippen LogP contribution in [0.5, 0.6) is 0 Å². The highest BCUT2D eigenvalue weighted by Gasteiger charge is 2.20. The van der Waals surface area contributed by atoms with Crippen molar-refractivity contribution in [1.29, 1.82) is 0 Å². The molecule has 0 aliphatic rings. The monoisotopic (exact) mass is 283 g/mol. The van der Waals surface area contributed by atoms with Crippen LogP contribution in [0.3, 0.4) is 0 Å². The highest BCUT2D eigenvalue weighted by atomic mass is 32.2. The van der Waals surface area contributed by atoms with Crippen molar-refractivity contribution < 1.29 is 14.0 Å². The summed E-state index contributed by atoms with van der Waals surface area (Å²) in [7, 11) is 0. The first-order valence-corrected chi connectivity index (χ1v) is 7.07. The number of nitrogens with one attached hydrogen (secondary N) is 1. The molecular formula is C14H18FNO2S. The smallest absolute Gasteiger partial charge is 0.230 e. The van der Waals surface area contributed by atoms with E-state index in [-0.39, 0.29) is 29.2 Å². The highest BCUT2D eigenvalue weighted by Crippen LogP contribution is 2.20. The molecule has 0 fully saturated rings. The standard InChI is InChI=1S/C14H18FNO2S/c1-9(2)14(10(3)17)16-13(18)8-19-12-7-5-4-6-11(12)15/h4-7,9,14H,8H2,1-3H3,(H,16,18). The maximum absolute atomic E-state index is 13.4. The first-order chi connectivity index (χ1) is 8.91. The molecule has 0 spiro atoms. The van der Waals surface area contributed by atoms with Crippen molar-refractivity contribution in [2.24, 2.45) is 5.92 Å². The number of carbonyl (C=O) groups excluding carboxylic acids is 2. The van der Waals surface area contributed by atoms with Crippen LogP contribution in [0.25, 0.3) is 0 Å². The first-order valence-electron chi connectivity index (χ1n) is 6.09. The van der Waals surface area contributed by atoms with Crippen LogP contribution in [0.4, 0.5) is 4.39 Å². The van der Waals surface area contributed by atoms with Crippen LogP contribution < -0.4 is 5.32 Å². The number of halogens is 1. The zero-order chi connectivity index (χ0) is 14.4. The van der Waals surface area contributed by atoms with Gasteiger partial charge in [-0.05, 0) is 25.0 Å². The van der Waals surface area contributed by atoms with Gasteiger partial charge in [0, 0.05) is 4.90 Å². The number of thioether (sulfide) groups is 1. The molecule has 0 aliphatic heterocycles. The average molecular weight is 283 g/mol. The quantitative estimate of drug-likeness (QED) is 0.816. The molecule has 1 atom stereocenters. The Bertz CT molecular complexity index is 463.